The number of likely N-dealkylation sites (tertiary alicyclic amines) is 1. The zero-order valence-electron chi connectivity index (χ0n) is 20.4. The molecule has 9 nitrogen and oxygen atoms in total. The largest absolute Gasteiger partial charge is 0.342 e. The maximum absolute atomic E-state index is 13.3. The van der Waals surface area contributed by atoms with E-state index in [1.54, 1.807) is 34.5 Å². The fourth-order valence-electron chi connectivity index (χ4n) is 5.71. The van der Waals surface area contributed by atoms with Gasteiger partial charge < -0.3 is 9.47 Å². The maximum Gasteiger partial charge on any atom is 0.264 e. The fraction of sp³-hybridized carbons (Fsp3) is 0.370. The summed E-state index contributed by atoms with van der Waals surface area (Å²) >= 11 is 0. The highest BCUT2D eigenvalue weighted by Gasteiger charge is 2.36. The molecule has 1 fully saturated rings. The first kappa shape index (κ1) is 22.5. The summed E-state index contributed by atoms with van der Waals surface area (Å²) in [7, 11) is 0. The molecule has 184 valence electrons. The summed E-state index contributed by atoms with van der Waals surface area (Å²) in [6.45, 7) is 5.98. The minimum absolute atomic E-state index is 0.0261. The molecule has 1 saturated heterocycles. The number of piperidine rings is 1. The van der Waals surface area contributed by atoms with E-state index >= 15 is 0 Å². The molecule has 36 heavy (non-hydrogen) atoms. The van der Waals surface area contributed by atoms with Crippen LogP contribution in [0.15, 0.2) is 58.3 Å². The summed E-state index contributed by atoms with van der Waals surface area (Å²) in [6, 6.07) is 13.3. The third kappa shape index (κ3) is 3.75. The monoisotopic (exact) mass is 484 g/mol. The average Bonchev–Trinajstić information content (AvgIpc) is 3.28. The highest BCUT2D eigenvalue weighted by molar-refractivity contribution is 5.77. The third-order valence-electron chi connectivity index (χ3n) is 7.54. The Labute approximate surface area is 207 Å². The van der Waals surface area contributed by atoms with E-state index in [9.17, 15) is 14.4 Å². The van der Waals surface area contributed by atoms with Crippen LogP contribution in [0.25, 0.3) is 16.7 Å². The topological polar surface area (TPSA) is 95.0 Å². The van der Waals surface area contributed by atoms with Crippen LogP contribution in [0, 0.1) is 19.8 Å². The molecule has 2 atom stereocenters. The van der Waals surface area contributed by atoms with Crippen LogP contribution in [0.3, 0.4) is 0 Å². The lowest BCUT2D eigenvalue weighted by Gasteiger charge is -2.42. The molecule has 3 aromatic heterocycles. The molecule has 1 aromatic carbocycles. The predicted octanol–water partition coefficient (Wildman–Crippen LogP) is 2.40. The van der Waals surface area contributed by atoms with Gasteiger partial charge in [-0.1, -0.05) is 23.8 Å². The van der Waals surface area contributed by atoms with Crippen molar-refractivity contribution in [2.24, 2.45) is 5.92 Å². The predicted molar refractivity (Wildman–Crippen MR) is 135 cm³/mol. The van der Waals surface area contributed by atoms with Gasteiger partial charge in [0, 0.05) is 50.3 Å². The van der Waals surface area contributed by atoms with E-state index in [-0.39, 0.29) is 41.8 Å². The summed E-state index contributed by atoms with van der Waals surface area (Å²) in [5.74, 6) is 1.02. The van der Waals surface area contributed by atoms with Crippen LogP contribution in [-0.2, 0) is 17.9 Å². The summed E-state index contributed by atoms with van der Waals surface area (Å²) in [4.78, 5) is 45.3. The van der Waals surface area contributed by atoms with Gasteiger partial charge in [-0.05, 0) is 44.4 Å². The number of carbonyl (C=O) groups excluding carboxylic acids is 1. The number of amides is 1. The second kappa shape index (κ2) is 8.58. The van der Waals surface area contributed by atoms with Crippen molar-refractivity contribution in [3.05, 3.63) is 86.5 Å². The molecule has 2 bridgehead atoms. The highest BCUT2D eigenvalue weighted by atomic mass is 16.2. The number of nitrogens with zero attached hydrogens (tertiary/aromatic N) is 6. The van der Waals surface area contributed by atoms with Gasteiger partial charge in [-0.3, -0.25) is 19.0 Å². The van der Waals surface area contributed by atoms with Gasteiger partial charge in [-0.25, -0.2) is 9.67 Å². The molecule has 2 aliphatic rings. The highest BCUT2D eigenvalue weighted by Crippen LogP contribution is 2.35. The number of hydrogen-bond acceptors (Lipinski definition) is 5. The molecule has 2 aliphatic heterocycles. The smallest absolute Gasteiger partial charge is 0.264 e. The number of carbonyl (C=O) groups is 1. The van der Waals surface area contributed by atoms with Gasteiger partial charge >= 0.3 is 0 Å². The standard InChI is InChI=1S/C27H28N6O3/c1-17-6-8-21(9-7-17)33-26-22(13-28-33)27(36)31(18(2)29-26)11-10-24(34)30-14-19-12-20(16-30)23-4-3-5-25(35)32(23)15-19/h3-9,13,19-20H,10-12,14-16H2,1-2H3. The van der Waals surface area contributed by atoms with Crippen molar-refractivity contribution in [2.45, 2.75) is 45.7 Å². The molecule has 9 heteroatoms. The number of benzene rings is 1. The van der Waals surface area contributed by atoms with Crippen LogP contribution >= 0.6 is 0 Å². The average molecular weight is 485 g/mol. The summed E-state index contributed by atoms with van der Waals surface area (Å²) in [6.07, 6.45) is 2.77. The minimum atomic E-state index is -0.188. The zero-order chi connectivity index (χ0) is 25.0. The Morgan fingerprint density at radius 1 is 1.03 bits per heavy atom. The van der Waals surface area contributed by atoms with Gasteiger partial charge in [-0.2, -0.15) is 5.10 Å². The number of aryl methyl sites for hydroxylation is 2. The van der Waals surface area contributed by atoms with Crippen molar-refractivity contribution in [3.8, 4) is 5.69 Å². The Bertz CT molecular complexity index is 1600. The molecule has 0 saturated carbocycles. The van der Waals surface area contributed by atoms with E-state index in [4.69, 9.17) is 0 Å². The van der Waals surface area contributed by atoms with Gasteiger partial charge in [0.1, 0.15) is 11.2 Å². The van der Waals surface area contributed by atoms with Crippen molar-refractivity contribution in [3.63, 3.8) is 0 Å². The van der Waals surface area contributed by atoms with Crippen LogP contribution < -0.4 is 11.1 Å². The third-order valence-corrected chi connectivity index (χ3v) is 7.54. The van der Waals surface area contributed by atoms with Gasteiger partial charge in [0.05, 0.1) is 11.9 Å². The van der Waals surface area contributed by atoms with Gasteiger partial charge in [-0.15, -0.1) is 0 Å². The maximum atomic E-state index is 13.3. The zero-order valence-corrected chi connectivity index (χ0v) is 20.4. The van der Waals surface area contributed by atoms with Crippen molar-refractivity contribution in [1.29, 1.82) is 0 Å². The molecular weight excluding hydrogens is 456 g/mol. The Kier molecular flexibility index (Phi) is 5.35. The van der Waals surface area contributed by atoms with E-state index in [1.807, 2.05) is 46.7 Å². The Morgan fingerprint density at radius 3 is 2.64 bits per heavy atom. The molecule has 0 aliphatic carbocycles. The quantitative estimate of drug-likeness (QED) is 0.443. The molecular formula is C27H28N6O3. The lowest BCUT2D eigenvalue weighted by atomic mass is 9.83. The van der Waals surface area contributed by atoms with Crippen molar-refractivity contribution >= 4 is 16.9 Å². The SMILES string of the molecule is Cc1ccc(-n2ncc3c(=O)n(CCC(=O)N4CC5CC(C4)c4cccc(=O)n4C5)c(C)nc32)cc1. The van der Waals surface area contributed by atoms with Crippen LogP contribution in [0.4, 0.5) is 0 Å². The summed E-state index contributed by atoms with van der Waals surface area (Å²) < 4.78 is 5.11. The molecule has 0 spiro atoms. The second-order valence-corrected chi connectivity index (χ2v) is 9.99. The molecule has 1 amide bonds. The van der Waals surface area contributed by atoms with E-state index in [1.165, 1.54) is 0 Å². The van der Waals surface area contributed by atoms with Crippen molar-refractivity contribution < 1.29 is 4.79 Å². The molecule has 2 unspecified atom stereocenters. The van der Waals surface area contributed by atoms with Gasteiger partial charge in [0.15, 0.2) is 5.65 Å². The molecule has 0 N–H and O–H groups in total. The first-order valence-corrected chi connectivity index (χ1v) is 12.4. The van der Waals surface area contributed by atoms with Crippen LogP contribution in [0.5, 0.6) is 0 Å². The number of rotatable bonds is 4. The number of pyridine rings is 1. The van der Waals surface area contributed by atoms with Gasteiger partial charge in [0.25, 0.3) is 11.1 Å². The van der Waals surface area contributed by atoms with Crippen LogP contribution in [0.1, 0.15) is 35.8 Å². The van der Waals surface area contributed by atoms with E-state index < -0.39 is 0 Å². The Balaban J connectivity index is 1.21. The van der Waals surface area contributed by atoms with E-state index in [0.717, 1.165) is 23.4 Å². The van der Waals surface area contributed by atoms with E-state index in [2.05, 4.69) is 10.1 Å². The normalized spacial score (nSPS) is 18.9. The molecule has 6 rings (SSSR count). The number of fused-ring (bicyclic) bond motifs is 5. The van der Waals surface area contributed by atoms with E-state index in [0.29, 0.717) is 36.5 Å². The Hall–Kier alpha value is -4.01. The minimum Gasteiger partial charge on any atom is -0.342 e. The molecule has 5 heterocycles. The lowest BCUT2D eigenvalue weighted by molar-refractivity contribution is -0.134. The first-order valence-electron chi connectivity index (χ1n) is 12.4. The van der Waals surface area contributed by atoms with Crippen molar-refractivity contribution in [1.82, 2.24) is 28.8 Å². The molecule has 0 radical (unpaired) electrons. The lowest BCUT2D eigenvalue weighted by Crippen LogP contribution is -2.49. The second-order valence-electron chi connectivity index (χ2n) is 9.99. The van der Waals surface area contributed by atoms with Crippen LogP contribution in [-0.4, -0.2) is 47.8 Å². The number of aromatic nitrogens is 5. The summed E-state index contributed by atoms with van der Waals surface area (Å²) in [5.41, 5.74) is 3.36. The van der Waals surface area contributed by atoms with Crippen LogP contribution in [0.2, 0.25) is 0 Å². The van der Waals surface area contributed by atoms with Gasteiger partial charge in [0.2, 0.25) is 5.91 Å². The number of hydrogen-bond donors (Lipinski definition) is 0. The first-order chi connectivity index (χ1) is 17.4. The molecule has 4 aromatic rings. The summed E-state index contributed by atoms with van der Waals surface area (Å²) in [5, 5.41) is 4.84. The van der Waals surface area contributed by atoms with Crippen molar-refractivity contribution in [2.75, 3.05) is 13.1 Å². The Morgan fingerprint density at radius 2 is 1.83 bits per heavy atom. The fourth-order valence-corrected chi connectivity index (χ4v) is 5.71.